The Morgan fingerprint density at radius 1 is 0.459 bits per heavy atom. The zero-order chi connectivity index (χ0) is 51.6. The van der Waals surface area contributed by atoms with Gasteiger partial charge in [0.1, 0.15) is 0 Å². The van der Waals surface area contributed by atoms with E-state index in [2.05, 4.69) is 244 Å². The largest absolute Gasteiger partial charge is 0.315 e. The number of aryl methyl sites for hydroxylation is 3. The van der Waals surface area contributed by atoms with Gasteiger partial charge in [0.2, 0.25) is 0 Å². The van der Waals surface area contributed by atoms with Gasteiger partial charge in [0, 0.05) is 50.9 Å². The highest BCUT2D eigenvalue weighted by Crippen LogP contribution is 2.58. The van der Waals surface area contributed by atoms with Gasteiger partial charge < -0.3 is 14.7 Å². The Labute approximate surface area is 443 Å². The smallest absolute Gasteiger partial charge is 0.252 e. The van der Waals surface area contributed by atoms with Crippen LogP contribution in [-0.4, -0.2) is 6.71 Å². The molecule has 0 fully saturated rings. The fourth-order valence-electron chi connectivity index (χ4n) is 15.0. The van der Waals surface area contributed by atoms with Gasteiger partial charge in [-0.05, 0) is 208 Å². The van der Waals surface area contributed by atoms with Gasteiger partial charge in [-0.25, -0.2) is 0 Å². The molecule has 0 aromatic heterocycles. The van der Waals surface area contributed by atoms with Crippen LogP contribution in [-0.2, 0) is 16.2 Å². The number of nitrogens with zero attached hydrogens (tertiary/aromatic N) is 3. The third-order valence-corrected chi connectivity index (χ3v) is 19.4. The first kappa shape index (κ1) is 47.2. The minimum Gasteiger partial charge on any atom is -0.315 e. The number of benzene rings is 7. The zero-order valence-corrected chi connectivity index (χ0v) is 46.4. The Hall–Kier alpha value is -6.52. The van der Waals surface area contributed by atoms with E-state index in [9.17, 15) is 0 Å². The molecule has 2 aliphatic heterocycles. The quantitative estimate of drug-likeness (QED) is 0.159. The van der Waals surface area contributed by atoms with Crippen molar-refractivity contribution in [3.8, 4) is 11.1 Å². The average molecular weight is 968 g/mol. The molecular formula is C70H74BN3. The van der Waals surface area contributed by atoms with Gasteiger partial charge in [0.05, 0.1) is 5.69 Å². The first-order valence-electron chi connectivity index (χ1n) is 27.9. The van der Waals surface area contributed by atoms with Crippen molar-refractivity contribution < 1.29 is 0 Å². The molecule has 3 nitrogen and oxygen atoms in total. The van der Waals surface area contributed by atoms with Crippen molar-refractivity contribution >= 4 is 68.6 Å². The molecule has 0 atom stereocenters. The van der Waals surface area contributed by atoms with Crippen molar-refractivity contribution in [3.05, 3.63) is 195 Å². The van der Waals surface area contributed by atoms with Crippen molar-refractivity contribution in [2.24, 2.45) is 10.8 Å². The van der Waals surface area contributed by atoms with Crippen LogP contribution < -0.4 is 31.1 Å². The monoisotopic (exact) mass is 968 g/mol. The highest BCUT2D eigenvalue weighted by Gasteiger charge is 2.49. The molecule has 0 saturated heterocycles. The summed E-state index contributed by atoms with van der Waals surface area (Å²) in [5.41, 5.74) is 31.4. The standard InChI is InChI=1S/C70H74BN3/c1-43-37-62-65-63(38-43)74(59-28-20-24-49-48-23-16-17-25-50(48)70(12,13)64(49)59)60-40-47(72(57-26-18-14-21-44(57)2)58-27-19-15-22-45(58)3)30-32-55(60)71(65)56-41-53-54(69(10,11)36-35-68(53,8)9)42-61(56)73(62)46-29-31-51-52(39-46)67(6,7)34-33-66(51,4)5/h14-28,30,32,37-42H,29,31,33-36H2,1-13H3. The van der Waals surface area contributed by atoms with Crippen LogP contribution in [0.25, 0.3) is 11.1 Å². The predicted molar refractivity (Wildman–Crippen MR) is 317 cm³/mol. The lowest BCUT2D eigenvalue weighted by Crippen LogP contribution is -2.62. The van der Waals surface area contributed by atoms with E-state index in [1.807, 2.05) is 0 Å². The van der Waals surface area contributed by atoms with Crippen molar-refractivity contribution in [1.29, 1.82) is 0 Å². The number of fused-ring (bicyclic) bond motifs is 8. The van der Waals surface area contributed by atoms with E-state index in [4.69, 9.17) is 0 Å². The highest BCUT2D eigenvalue weighted by molar-refractivity contribution is 7.00. The zero-order valence-electron chi connectivity index (χ0n) is 46.4. The number of para-hydroxylation sites is 2. The first-order valence-corrected chi connectivity index (χ1v) is 27.9. The van der Waals surface area contributed by atoms with Crippen LogP contribution >= 0.6 is 0 Å². The Balaban J connectivity index is 1.14. The van der Waals surface area contributed by atoms with E-state index in [1.165, 1.54) is 138 Å². The lowest BCUT2D eigenvalue weighted by atomic mass is 9.33. The summed E-state index contributed by atoms with van der Waals surface area (Å²) in [7, 11) is 0. The van der Waals surface area contributed by atoms with Gasteiger partial charge in [0.25, 0.3) is 6.71 Å². The van der Waals surface area contributed by atoms with Crippen LogP contribution in [0.4, 0.5) is 45.5 Å². The second-order valence-corrected chi connectivity index (χ2v) is 26.4. The number of allylic oxidation sites excluding steroid dienone is 4. The minimum atomic E-state index is -0.232. The number of hydrogen-bond donors (Lipinski definition) is 0. The summed E-state index contributed by atoms with van der Waals surface area (Å²) in [6.45, 7) is 31.8. The van der Waals surface area contributed by atoms with Crippen LogP contribution in [0.15, 0.2) is 156 Å². The molecule has 7 aromatic rings. The molecule has 0 radical (unpaired) electrons. The molecule has 372 valence electrons. The predicted octanol–water partition coefficient (Wildman–Crippen LogP) is 17.3. The lowest BCUT2D eigenvalue weighted by molar-refractivity contribution is 0.257. The average Bonchev–Trinajstić information content (AvgIpc) is 3.64. The summed E-state index contributed by atoms with van der Waals surface area (Å²) in [4.78, 5) is 8.03. The summed E-state index contributed by atoms with van der Waals surface area (Å²) in [5.74, 6) is 0. The molecule has 13 rings (SSSR count). The number of anilines is 8. The highest BCUT2D eigenvalue weighted by atomic mass is 15.2. The first-order chi connectivity index (χ1) is 35.2. The Kier molecular flexibility index (Phi) is 10.2. The van der Waals surface area contributed by atoms with Crippen molar-refractivity contribution in [3.63, 3.8) is 0 Å². The van der Waals surface area contributed by atoms with Crippen LogP contribution in [0.5, 0.6) is 0 Å². The number of hydrogen-bond acceptors (Lipinski definition) is 3. The maximum atomic E-state index is 2.79. The molecule has 0 N–H and O–H groups in total. The van der Waals surface area contributed by atoms with Crippen LogP contribution in [0.1, 0.15) is 147 Å². The molecule has 4 aliphatic carbocycles. The Morgan fingerprint density at radius 3 is 1.73 bits per heavy atom. The van der Waals surface area contributed by atoms with Gasteiger partial charge >= 0.3 is 0 Å². The molecule has 2 heterocycles. The Bertz CT molecular complexity index is 3570. The molecule has 6 aliphatic rings. The van der Waals surface area contributed by atoms with Gasteiger partial charge in [-0.1, -0.05) is 160 Å². The van der Waals surface area contributed by atoms with E-state index in [1.54, 1.807) is 11.1 Å². The molecule has 0 unspecified atom stereocenters. The van der Waals surface area contributed by atoms with Crippen LogP contribution in [0.3, 0.4) is 0 Å². The lowest BCUT2D eigenvalue weighted by Gasteiger charge is -2.50. The summed E-state index contributed by atoms with van der Waals surface area (Å²) in [6.07, 6.45) is 9.61. The summed E-state index contributed by atoms with van der Waals surface area (Å²) < 4.78 is 0. The van der Waals surface area contributed by atoms with E-state index in [0.717, 1.165) is 18.5 Å². The Morgan fingerprint density at radius 2 is 1.04 bits per heavy atom. The second-order valence-electron chi connectivity index (χ2n) is 26.4. The van der Waals surface area contributed by atoms with Gasteiger partial charge in [-0.2, -0.15) is 0 Å². The van der Waals surface area contributed by atoms with E-state index >= 15 is 0 Å². The van der Waals surface area contributed by atoms with Gasteiger partial charge in [-0.3, -0.25) is 0 Å². The van der Waals surface area contributed by atoms with E-state index in [-0.39, 0.29) is 33.8 Å². The van der Waals surface area contributed by atoms with Crippen molar-refractivity contribution in [1.82, 2.24) is 0 Å². The molecule has 7 aromatic carbocycles. The van der Waals surface area contributed by atoms with E-state index in [0.29, 0.717) is 0 Å². The molecule has 0 amide bonds. The van der Waals surface area contributed by atoms with Crippen LogP contribution in [0.2, 0.25) is 0 Å². The fraction of sp³-hybridized carbons (Fsp3) is 0.343. The molecule has 0 bridgehead atoms. The van der Waals surface area contributed by atoms with Gasteiger partial charge in [-0.15, -0.1) is 0 Å². The molecule has 74 heavy (non-hydrogen) atoms. The van der Waals surface area contributed by atoms with Crippen molar-refractivity contribution in [2.45, 2.75) is 145 Å². The second kappa shape index (κ2) is 16.0. The maximum Gasteiger partial charge on any atom is 0.252 e. The SMILES string of the molecule is Cc1cc2c3c(c1)N(c1cccc4c1C(C)(C)c1ccccc1-4)c1cc(N(c4ccccc4C)c4ccccc4C)ccc1B3c1cc3c(cc1N2C1=CC2=C(CC1)C(C)(C)CCC2(C)C)C(C)(C)CCC3(C)C. The van der Waals surface area contributed by atoms with E-state index < -0.39 is 0 Å². The molecular weight excluding hydrogens is 894 g/mol. The summed E-state index contributed by atoms with van der Waals surface area (Å²) in [6, 6.07) is 52.1. The van der Waals surface area contributed by atoms with Crippen molar-refractivity contribution in [2.75, 3.05) is 14.7 Å². The van der Waals surface area contributed by atoms with Gasteiger partial charge in [0.15, 0.2) is 0 Å². The normalized spacial score (nSPS) is 19.6. The maximum absolute atomic E-state index is 2.79. The molecule has 0 spiro atoms. The molecule has 0 saturated carbocycles. The third kappa shape index (κ3) is 6.77. The fourth-order valence-corrected chi connectivity index (χ4v) is 15.0. The number of rotatable bonds is 5. The third-order valence-electron chi connectivity index (χ3n) is 19.4. The molecule has 4 heteroatoms. The minimum absolute atomic E-state index is 0.00894. The topological polar surface area (TPSA) is 9.72 Å². The summed E-state index contributed by atoms with van der Waals surface area (Å²) >= 11 is 0. The summed E-state index contributed by atoms with van der Waals surface area (Å²) in [5, 5.41) is 0. The van der Waals surface area contributed by atoms with Crippen LogP contribution in [0, 0.1) is 31.6 Å².